The first-order valence-electron chi connectivity index (χ1n) is 6.77. The fourth-order valence-corrected chi connectivity index (χ4v) is 3.27. The van der Waals surface area contributed by atoms with Crippen molar-refractivity contribution >= 4 is 33.3 Å². The molecule has 116 valence electrons. The maximum absolute atomic E-state index is 13.3. The number of carboxylic acids is 1. The van der Waals surface area contributed by atoms with Gasteiger partial charge in [0, 0.05) is 4.70 Å². The predicted molar refractivity (Wildman–Crippen MR) is 84.8 cm³/mol. The smallest absolute Gasteiger partial charge is 0.326 e. The quantitative estimate of drug-likeness (QED) is 0.828. The zero-order valence-electron chi connectivity index (χ0n) is 12.2. The summed E-state index contributed by atoms with van der Waals surface area (Å²) in [4.78, 5) is 23.9. The van der Waals surface area contributed by atoms with Crippen molar-refractivity contribution in [1.29, 1.82) is 0 Å². The zero-order chi connectivity index (χ0) is 16.3. The molecule has 22 heavy (non-hydrogen) atoms. The van der Waals surface area contributed by atoms with E-state index in [-0.39, 0.29) is 12.2 Å². The van der Waals surface area contributed by atoms with Gasteiger partial charge in [-0.25, -0.2) is 9.18 Å². The highest BCUT2D eigenvalue weighted by Crippen LogP contribution is 2.31. The maximum Gasteiger partial charge on any atom is 0.326 e. The average molecular weight is 321 g/mol. The monoisotopic (exact) mass is 321 g/mol. The minimum atomic E-state index is -1.09. The van der Waals surface area contributed by atoms with Crippen LogP contribution in [0.3, 0.4) is 0 Å². The maximum atomic E-state index is 13.3. The molecule has 4 nitrogen and oxygen atoms in total. The number of rotatable bonds is 5. The molecular weight excluding hydrogens is 305 g/mol. The van der Waals surface area contributed by atoms with Gasteiger partial charge in [0.1, 0.15) is 11.9 Å². The number of hydrogen-bond donors (Lipinski definition) is 2. The second-order valence-corrected chi connectivity index (χ2v) is 5.92. The Hall–Kier alpha value is -2.21. The number of carbonyl (C=O) groups excluding carboxylic acids is 1. The number of nitrogens with one attached hydrogen (secondary N) is 1. The van der Waals surface area contributed by atoms with E-state index in [1.807, 2.05) is 0 Å². The topological polar surface area (TPSA) is 66.4 Å². The molecule has 1 aromatic heterocycles. The Labute approximate surface area is 131 Å². The summed E-state index contributed by atoms with van der Waals surface area (Å²) in [5.74, 6) is -1.90. The van der Waals surface area contributed by atoms with E-state index in [0.29, 0.717) is 9.58 Å². The molecule has 1 aromatic carbocycles. The molecule has 2 aromatic rings. The lowest BCUT2D eigenvalue weighted by Crippen LogP contribution is -2.40. The van der Waals surface area contributed by atoms with Gasteiger partial charge in [-0.1, -0.05) is 18.2 Å². The molecule has 0 saturated heterocycles. The van der Waals surface area contributed by atoms with Gasteiger partial charge in [0.15, 0.2) is 0 Å². The highest BCUT2D eigenvalue weighted by molar-refractivity contribution is 7.21. The average Bonchev–Trinajstić information content (AvgIpc) is 2.79. The summed E-state index contributed by atoms with van der Waals surface area (Å²) in [6.07, 6.45) is 3.64. The van der Waals surface area contributed by atoms with E-state index in [9.17, 15) is 14.0 Å². The Balaban J connectivity index is 2.28. The second-order valence-electron chi connectivity index (χ2n) is 4.87. The van der Waals surface area contributed by atoms with E-state index >= 15 is 0 Å². The third-order valence-electron chi connectivity index (χ3n) is 3.32. The van der Waals surface area contributed by atoms with Crippen LogP contribution in [0.25, 0.3) is 10.1 Å². The molecule has 0 aliphatic carbocycles. The molecule has 0 aliphatic heterocycles. The summed E-state index contributed by atoms with van der Waals surface area (Å²) >= 11 is 1.16. The SMILES string of the molecule is C/C=C/CC(NC(=O)c1sc2cc(F)ccc2c1C)C(=O)O. The highest BCUT2D eigenvalue weighted by Gasteiger charge is 2.22. The molecule has 0 saturated carbocycles. The van der Waals surface area contributed by atoms with Gasteiger partial charge < -0.3 is 10.4 Å². The molecule has 0 bridgehead atoms. The second kappa shape index (κ2) is 6.70. The number of benzene rings is 1. The van der Waals surface area contributed by atoms with Crippen molar-refractivity contribution in [1.82, 2.24) is 5.32 Å². The number of allylic oxidation sites excluding steroid dienone is 1. The molecule has 0 aliphatic rings. The summed E-state index contributed by atoms with van der Waals surface area (Å²) in [7, 11) is 0. The normalized spacial score (nSPS) is 12.7. The first-order valence-corrected chi connectivity index (χ1v) is 7.59. The molecular formula is C16H16FNO3S. The number of aliphatic carboxylic acids is 1. The van der Waals surface area contributed by atoms with E-state index in [2.05, 4.69) is 5.32 Å². The van der Waals surface area contributed by atoms with Gasteiger partial charge in [-0.2, -0.15) is 0 Å². The minimum absolute atomic E-state index is 0.218. The van der Waals surface area contributed by atoms with Crippen molar-refractivity contribution in [3.63, 3.8) is 0 Å². The van der Waals surface area contributed by atoms with Crippen molar-refractivity contribution in [3.8, 4) is 0 Å². The van der Waals surface area contributed by atoms with Gasteiger partial charge in [-0.3, -0.25) is 4.79 Å². The Morgan fingerprint density at radius 2 is 2.18 bits per heavy atom. The standard InChI is InChI=1S/C16H16FNO3S/c1-3-4-5-12(16(20)21)18-15(19)14-9(2)11-7-6-10(17)8-13(11)22-14/h3-4,6-8,12H,5H2,1-2H3,(H,18,19)(H,20,21)/b4-3+. The molecule has 0 fully saturated rings. The largest absolute Gasteiger partial charge is 0.480 e. The summed E-state index contributed by atoms with van der Waals surface area (Å²) in [6.45, 7) is 3.55. The fraction of sp³-hybridized carbons (Fsp3) is 0.250. The van der Waals surface area contributed by atoms with Crippen LogP contribution in [0, 0.1) is 12.7 Å². The molecule has 1 atom stereocenters. The third kappa shape index (κ3) is 3.33. The summed E-state index contributed by atoms with van der Waals surface area (Å²) < 4.78 is 13.9. The van der Waals surface area contributed by atoms with Crippen LogP contribution >= 0.6 is 11.3 Å². The zero-order valence-corrected chi connectivity index (χ0v) is 13.0. The van der Waals surface area contributed by atoms with Gasteiger partial charge in [0.25, 0.3) is 5.91 Å². The van der Waals surface area contributed by atoms with Crippen molar-refractivity contribution in [3.05, 3.63) is 46.6 Å². The van der Waals surface area contributed by atoms with Crippen LogP contribution < -0.4 is 5.32 Å². The third-order valence-corrected chi connectivity index (χ3v) is 4.57. The summed E-state index contributed by atoms with van der Waals surface area (Å²) in [6, 6.07) is 3.36. The number of amides is 1. The lowest BCUT2D eigenvalue weighted by molar-refractivity contribution is -0.139. The molecule has 1 amide bonds. The highest BCUT2D eigenvalue weighted by atomic mass is 32.1. The van der Waals surface area contributed by atoms with Crippen LogP contribution in [-0.2, 0) is 4.79 Å². The number of thiophene rings is 1. The van der Waals surface area contributed by atoms with E-state index < -0.39 is 17.9 Å². The van der Waals surface area contributed by atoms with Crippen molar-refractivity contribution < 1.29 is 19.1 Å². The first-order chi connectivity index (χ1) is 10.4. The first kappa shape index (κ1) is 16.2. The van der Waals surface area contributed by atoms with Crippen LogP contribution in [0.2, 0.25) is 0 Å². The Bertz CT molecular complexity index is 751. The number of hydrogen-bond acceptors (Lipinski definition) is 3. The van der Waals surface area contributed by atoms with E-state index in [1.54, 1.807) is 32.1 Å². The van der Waals surface area contributed by atoms with E-state index in [1.165, 1.54) is 12.1 Å². The van der Waals surface area contributed by atoms with Crippen LogP contribution in [0.5, 0.6) is 0 Å². The molecule has 0 spiro atoms. The molecule has 6 heteroatoms. The number of halogens is 1. The van der Waals surface area contributed by atoms with E-state index in [4.69, 9.17) is 5.11 Å². The molecule has 2 N–H and O–H groups in total. The number of fused-ring (bicyclic) bond motifs is 1. The summed E-state index contributed by atoms with van der Waals surface area (Å²) in [5.41, 5.74) is 0.729. The van der Waals surface area contributed by atoms with Gasteiger partial charge in [0.2, 0.25) is 0 Å². The van der Waals surface area contributed by atoms with Crippen LogP contribution in [0.1, 0.15) is 28.6 Å². The van der Waals surface area contributed by atoms with Gasteiger partial charge in [-0.05, 0) is 43.4 Å². The van der Waals surface area contributed by atoms with Crippen LogP contribution in [0.4, 0.5) is 4.39 Å². The van der Waals surface area contributed by atoms with E-state index in [0.717, 1.165) is 22.3 Å². The van der Waals surface area contributed by atoms with Gasteiger partial charge in [0.05, 0.1) is 4.88 Å². The Kier molecular flexibility index (Phi) is 4.92. The lowest BCUT2D eigenvalue weighted by Gasteiger charge is -2.12. The van der Waals surface area contributed by atoms with Crippen LogP contribution in [-0.4, -0.2) is 23.0 Å². The van der Waals surface area contributed by atoms with Gasteiger partial charge in [-0.15, -0.1) is 11.3 Å². The number of aryl methyl sites for hydroxylation is 1. The summed E-state index contributed by atoms with van der Waals surface area (Å²) in [5, 5.41) is 12.5. The predicted octanol–water partition coefficient (Wildman–Crippen LogP) is 3.50. The Morgan fingerprint density at radius 3 is 2.82 bits per heavy atom. The number of carboxylic acid groups (broad SMARTS) is 1. The fourth-order valence-electron chi connectivity index (χ4n) is 2.13. The van der Waals surface area contributed by atoms with Crippen molar-refractivity contribution in [2.45, 2.75) is 26.3 Å². The Morgan fingerprint density at radius 1 is 1.45 bits per heavy atom. The molecule has 1 unspecified atom stereocenters. The minimum Gasteiger partial charge on any atom is -0.480 e. The van der Waals surface area contributed by atoms with Gasteiger partial charge >= 0.3 is 5.97 Å². The molecule has 0 radical (unpaired) electrons. The number of carbonyl (C=O) groups is 2. The molecule has 1 heterocycles. The van der Waals surface area contributed by atoms with Crippen LogP contribution in [0.15, 0.2) is 30.4 Å². The van der Waals surface area contributed by atoms with Crippen molar-refractivity contribution in [2.24, 2.45) is 0 Å². The lowest BCUT2D eigenvalue weighted by atomic mass is 10.1. The molecule has 2 rings (SSSR count). The van der Waals surface area contributed by atoms with Crippen molar-refractivity contribution in [2.75, 3.05) is 0 Å².